The predicted molar refractivity (Wildman–Crippen MR) is 85.1 cm³/mol. The number of hydrogen-bond donors (Lipinski definition) is 1. The number of likely N-dealkylation sites (tertiary alicyclic amines) is 1. The summed E-state index contributed by atoms with van der Waals surface area (Å²) in [5.41, 5.74) is 1.74. The van der Waals surface area contributed by atoms with Crippen LogP contribution in [0.15, 0.2) is 11.6 Å². The van der Waals surface area contributed by atoms with Crippen molar-refractivity contribution in [1.82, 2.24) is 15.1 Å². The zero-order chi connectivity index (χ0) is 13.6. The maximum Gasteiger partial charge on any atom is 0.0121 e. The number of allylic oxidation sites excluding steroid dienone is 1. The number of nitrogens with zero attached hydrogens (tertiary/aromatic N) is 2. The second-order valence-corrected chi connectivity index (χ2v) is 6.72. The average Bonchev–Trinajstić information content (AvgIpc) is 2.55. The second kappa shape index (κ2) is 7.58. The zero-order valence-corrected chi connectivity index (χ0v) is 12.9. The van der Waals surface area contributed by atoms with Crippen LogP contribution < -0.4 is 5.32 Å². The standard InChI is InChI=1S/C17H31N3/c1-2-4-16(5-3-1)6-11-19-12-7-17(8-13-19)20-14-9-18-10-15-20/h4,17-18H,1-3,5-15H2. The fourth-order valence-electron chi connectivity index (χ4n) is 3.99. The van der Waals surface area contributed by atoms with Gasteiger partial charge < -0.3 is 10.2 Å². The Morgan fingerprint density at radius 3 is 2.55 bits per heavy atom. The first-order chi connectivity index (χ1) is 9.92. The highest BCUT2D eigenvalue weighted by atomic mass is 15.2. The van der Waals surface area contributed by atoms with Crippen LogP contribution in [-0.2, 0) is 0 Å². The molecule has 0 aromatic heterocycles. The molecule has 0 bridgehead atoms. The van der Waals surface area contributed by atoms with Crippen LogP contribution in [0.2, 0.25) is 0 Å². The van der Waals surface area contributed by atoms with Crippen molar-refractivity contribution in [3.05, 3.63) is 11.6 Å². The maximum atomic E-state index is 3.46. The highest BCUT2D eigenvalue weighted by molar-refractivity contribution is 5.05. The molecule has 2 fully saturated rings. The number of piperidine rings is 1. The summed E-state index contributed by atoms with van der Waals surface area (Å²) in [6, 6.07) is 0.863. The van der Waals surface area contributed by atoms with Gasteiger partial charge in [-0.05, 0) is 58.0 Å². The zero-order valence-electron chi connectivity index (χ0n) is 12.9. The Balaban J connectivity index is 1.36. The Kier molecular flexibility index (Phi) is 5.51. The summed E-state index contributed by atoms with van der Waals surface area (Å²) < 4.78 is 0. The first kappa shape index (κ1) is 14.6. The van der Waals surface area contributed by atoms with E-state index < -0.39 is 0 Å². The summed E-state index contributed by atoms with van der Waals surface area (Å²) in [5.74, 6) is 0. The second-order valence-electron chi connectivity index (χ2n) is 6.72. The van der Waals surface area contributed by atoms with Gasteiger partial charge in [0.1, 0.15) is 0 Å². The van der Waals surface area contributed by atoms with Gasteiger partial charge in [0.15, 0.2) is 0 Å². The highest BCUT2D eigenvalue weighted by Gasteiger charge is 2.25. The molecule has 2 saturated heterocycles. The molecule has 3 nitrogen and oxygen atoms in total. The number of rotatable bonds is 4. The van der Waals surface area contributed by atoms with E-state index in [9.17, 15) is 0 Å². The van der Waals surface area contributed by atoms with Crippen molar-refractivity contribution in [1.29, 1.82) is 0 Å². The summed E-state index contributed by atoms with van der Waals surface area (Å²) in [5, 5.41) is 3.46. The minimum atomic E-state index is 0.863. The van der Waals surface area contributed by atoms with E-state index in [1.165, 1.54) is 90.8 Å². The Morgan fingerprint density at radius 2 is 1.85 bits per heavy atom. The van der Waals surface area contributed by atoms with Gasteiger partial charge in [-0.1, -0.05) is 11.6 Å². The molecule has 0 spiro atoms. The molecule has 1 N–H and O–H groups in total. The molecule has 0 saturated carbocycles. The summed E-state index contributed by atoms with van der Waals surface area (Å²) in [4.78, 5) is 5.42. The van der Waals surface area contributed by atoms with Crippen LogP contribution in [0, 0.1) is 0 Å². The summed E-state index contributed by atoms with van der Waals surface area (Å²) in [6.45, 7) is 8.85. The Bertz CT molecular complexity index is 312. The third-order valence-electron chi connectivity index (χ3n) is 5.36. The van der Waals surface area contributed by atoms with Crippen LogP contribution in [-0.4, -0.2) is 61.7 Å². The molecule has 3 aliphatic rings. The molecule has 0 radical (unpaired) electrons. The Hall–Kier alpha value is -0.380. The first-order valence-electron chi connectivity index (χ1n) is 8.77. The van der Waals surface area contributed by atoms with Crippen molar-refractivity contribution in [2.45, 2.75) is 51.0 Å². The van der Waals surface area contributed by atoms with Gasteiger partial charge in [-0.3, -0.25) is 4.90 Å². The molecular formula is C17H31N3. The molecule has 114 valence electrons. The van der Waals surface area contributed by atoms with Crippen LogP contribution in [0.4, 0.5) is 0 Å². The fourth-order valence-corrected chi connectivity index (χ4v) is 3.99. The molecule has 2 aliphatic heterocycles. The van der Waals surface area contributed by atoms with Gasteiger partial charge >= 0.3 is 0 Å². The Labute approximate surface area is 124 Å². The van der Waals surface area contributed by atoms with E-state index in [0.717, 1.165) is 6.04 Å². The van der Waals surface area contributed by atoms with E-state index in [4.69, 9.17) is 0 Å². The molecule has 2 heterocycles. The first-order valence-corrected chi connectivity index (χ1v) is 8.77. The number of hydrogen-bond acceptors (Lipinski definition) is 3. The van der Waals surface area contributed by atoms with E-state index >= 15 is 0 Å². The van der Waals surface area contributed by atoms with Crippen molar-refractivity contribution in [3.63, 3.8) is 0 Å². The van der Waals surface area contributed by atoms with Crippen LogP contribution >= 0.6 is 0 Å². The predicted octanol–water partition coefficient (Wildman–Crippen LogP) is 2.25. The molecule has 3 heteroatoms. The van der Waals surface area contributed by atoms with Crippen LogP contribution in [0.1, 0.15) is 44.9 Å². The minimum absolute atomic E-state index is 0.863. The molecule has 0 unspecified atom stereocenters. The molecule has 0 atom stereocenters. The van der Waals surface area contributed by atoms with E-state index in [1.54, 1.807) is 5.57 Å². The smallest absolute Gasteiger partial charge is 0.0121 e. The highest BCUT2D eigenvalue weighted by Crippen LogP contribution is 2.22. The number of piperazine rings is 1. The van der Waals surface area contributed by atoms with Gasteiger partial charge in [0.25, 0.3) is 0 Å². The average molecular weight is 277 g/mol. The van der Waals surface area contributed by atoms with E-state index in [1.807, 2.05) is 0 Å². The Morgan fingerprint density at radius 1 is 1.05 bits per heavy atom. The normalized spacial score (nSPS) is 27.5. The van der Waals surface area contributed by atoms with Crippen LogP contribution in [0.25, 0.3) is 0 Å². The van der Waals surface area contributed by atoms with E-state index in [-0.39, 0.29) is 0 Å². The third-order valence-corrected chi connectivity index (χ3v) is 5.36. The van der Waals surface area contributed by atoms with Crippen molar-refractivity contribution in [2.24, 2.45) is 0 Å². The SMILES string of the molecule is C1=C(CCN2CCC(N3CCNCC3)CC2)CCCC1. The largest absolute Gasteiger partial charge is 0.314 e. The summed E-state index contributed by atoms with van der Waals surface area (Å²) in [6.07, 6.45) is 12.2. The summed E-state index contributed by atoms with van der Waals surface area (Å²) in [7, 11) is 0. The van der Waals surface area contributed by atoms with E-state index in [0.29, 0.717) is 0 Å². The molecule has 0 amide bonds. The fraction of sp³-hybridized carbons (Fsp3) is 0.882. The molecule has 0 aromatic carbocycles. The van der Waals surface area contributed by atoms with Gasteiger partial charge in [0, 0.05) is 38.8 Å². The minimum Gasteiger partial charge on any atom is -0.314 e. The third kappa shape index (κ3) is 4.06. The van der Waals surface area contributed by atoms with Gasteiger partial charge in [-0.15, -0.1) is 0 Å². The lowest BCUT2D eigenvalue weighted by molar-refractivity contribution is 0.0983. The van der Waals surface area contributed by atoms with Crippen LogP contribution in [0.3, 0.4) is 0 Å². The lowest BCUT2D eigenvalue weighted by Crippen LogP contribution is -2.52. The molecule has 20 heavy (non-hydrogen) atoms. The molecular weight excluding hydrogens is 246 g/mol. The van der Waals surface area contributed by atoms with Crippen molar-refractivity contribution < 1.29 is 0 Å². The monoisotopic (exact) mass is 277 g/mol. The molecule has 3 rings (SSSR count). The molecule has 0 aromatic rings. The van der Waals surface area contributed by atoms with Gasteiger partial charge in [0.2, 0.25) is 0 Å². The molecule has 1 aliphatic carbocycles. The quantitative estimate of drug-likeness (QED) is 0.795. The van der Waals surface area contributed by atoms with Gasteiger partial charge in [0.05, 0.1) is 0 Å². The van der Waals surface area contributed by atoms with E-state index in [2.05, 4.69) is 21.2 Å². The topological polar surface area (TPSA) is 18.5 Å². The maximum absolute atomic E-state index is 3.46. The van der Waals surface area contributed by atoms with Crippen molar-refractivity contribution in [3.8, 4) is 0 Å². The van der Waals surface area contributed by atoms with Crippen molar-refractivity contribution in [2.75, 3.05) is 45.8 Å². The number of nitrogens with one attached hydrogen (secondary N) is 1. The van der Waals surface area contributed by atoms with Crippen molar-refractivity contribution >= 4 is 0 Å². The summed E-state index contributed by atoms with van der Waals surface area (Å²) >= 11 is 0. The lowest BCUT2D eigenvalue weighted by Gasteiger charge is -2.40. The van der Waals surface area contributed by atoms with Gasteiger partial charge in [-0.25, -0.2) is 0 Å². The lowest BCUT2D eigenvalue weighted by atomic mass is 9.96. The van der Waals surface area contributed by atoms with Crippen LogP contribution in [0.5, 0.6) is 0 Å². The van der Waals surface area contributed by atoms with Gasteiger partial charge in [-0.2, -0.15) is 0 Å².